The zero-order valence-electron chi connectivity index (χ0n) is 20.8. The number of rotatable bonds is 8. The summed E-state index contributed by atoms with van der Waals surface area (Å²) < 4.78 is 38.4. The summed E-state index contributed by atoms with van der Waals surface area (Å²) in [4.78, 5) is 14.6. The number of hydrogen-bond donors (Lipinski definition) is 0. The van der Waals surface area contributed by atoms with E-state index in [2.05, 4.69) is 20.2 Å². The highest BCUT2D eigenvalue weighted by Crippen LogP contribution is 2.14. The van der Waals surface area contributed by atoms with Gasteiger partial charge in [-0.15, -0.1) is 0 Å². The molecule has 4 aromatic rings. The first-order chi connectivity index (χ1) is 19.2. The number of hydrogen-bond acceptors (Lipinski definition) is 7. The smallest absolute Gasteiger partial charge is 0.425 e. The minimum Gasteiger partial charge on any atom is -0.854 e. The van der Waals surface area contributed by atoms with E-state index >= 15 is 0 Å². The van der Waals surface area contributed by atoms with Gasteiger partial charge < -0.3 is 15.1 Å². The van der Waals surface area contributed by atoms with Crippen LogP contribution in [0.3, 0.4) is 0 Å². The van der Waals surface area contributed by atoms with E-state index in [1.165, 1.54) is 33.6 Å². The van der Waals surface area contributed by atoms with Gasteiger partial charge in [-0.05, 0) is 26.9 Å². The van der Waals surface area contributed by atoms with Gasteiger partial charge in [0.25, 0.3) is 0 Å². The van der Waals surface area contributed by atoms with Gasteiger partial charge in [-0.2, -0.15) is 13.2 Å². The molecular formula is C28H22F3N5O4. The Hall–Kier alpha value is -5.39. The van der Waals surface area contributed by atoms with Crippen LogP contribution in [0.2, 0.25) is 0 Å². The molecule has 9 nitrogen and oxygen atoms in total. The Morgan fingerprint density at radius 2 is 1.15 bits per heavy atom. The van der Waals surface area contributed by atoms with E-state index in [-0.39, 0.29) is 5.90 Å². The highest BCUT2D eigenvalue weighted by atomic mass is 19.4. The van der Waals surface area contributed by atoms with Crippen LogP contribution in [0.5, 0.6) is 0 Å². The van der Waals surface area contributed by atoms with Crippen LogP contribution in [0.25, 0.3) is 0 Å². The molecular weight excluding hydrogens is 527 g/mol. The summed E-state index contributed by atoms with van der Waals surface area (Å²) in [5.74, 6) is -0.795. The van der Waals surface area contributed by atoms with E-state index in [9.17, 15) is 28.2 Å². The van der Waals surface area contributed by atoms with Crippen molar-refractivity contribution in [2.75, 3.05) is 6.61 Å². The van der Waals surface area contributed by atoms with Crippen LogP contribution < -0.4 is 19.6 Å². The standard InChI is InChI=1S/C15H12F3N3O2.C13H10N2O2/c16-15(17,18)11-23-19-10-12-4-6-13(7-5-12)14(22)20-21-8-2-1-3-9-21;16-10-11-4-6-12(7-5-11)13(17)14-15-8-2-1-3-9-15/h1-10H,11H2;1-10H/b19-10+;. The van der Waals surface area contributed by atoms with Crippen molar-refractivity contribution in [3.63, 3.8) is 0 Å². The number of carbonyl (C=O) groups is 1. The Labute approximate surface area is 227 Å². The summed E-state index contributed by atoms with van der Waals surface area (Å²) in [7, 11) is 0. The number of halogens is 3. The lowest BCUT2D eigenvalue weighted by molar-refractivity contribution is -0.681. The van der Waals surface area contributed by atoms with Crippen LogP contribution in [0.1, 0.15) is 27.0 Å². The average molecular weight is 550 g/mol. The first kappa shape index (κ1) is 29.2. The number of benzene rings is 2. The first-order valence-corrected chi connectivity index (χ1v) is 11.6. The maximum Gasteiger partial charge on any atom is 0.425 e. The number of carbonyl (C=O) groups excluding carboxylic acids is 1. The molecule has 0 N–H and O–H groups in total. The van der Waals surface area contributed by atoms with Crippen molar-refractivity contribution in [1.29, 1.82) is 0 Å². The maximum atomic E-state index is 11.9. The fourth-order valence-electron chi connectivity index (χ4n) is 2.86. The summed E-state index contributed by atoms with van der Waals surface area (Å²) in [6.45, 7) is -1.45. The zero-order chi connectivity index (χ0) is 28.8. The Morgan fingerprint density at radius 1 is 0.725 bits per heavy atom. The number of alkyl halides is 3. The summed E-state index contributed by atoms with van der Waals surface area (Å²) >= 11 is 0. The van der Waals surface area contributed by atoms with Crippen LogP contribution >= 0.6 is 0 Å². The van der Waals surface area contributed by atoms with Crippen LogP contribution in [0.15, 0.2) is 125 Å². The second-order valence-electron chi connectivity index (χ2n) is 7.81. The van der Waals surface area contributed by atoms with Crippen molar-refractivity contribution in [3.05, 3.63) is 132 Å². The van der Waals surface area contributed by atoms with Gasteiger partial charge in [-0.3, -0.25) is 4.79 Å². The number of nitrogens with zero attached hydrogens (tertiary/aromatic N) is 5. The molecule has 0 amide bonds. The molecule has 40 heavy (non-hydrogen) atoms. The molecule has 0 atom stereocenters. The third-order valence-electron chi connectivity index (χ3n) is 4.77. The van der Waals surface area contributed by atoms with Gasteiger partial charge in [-0.25, -0.2) is 0 Å². The van der Waals surface area contributed by atoms with Crippen molar-refractivity contribution >= 4 is 24.3 Å². The first-order valence-electron chi connectivity index (χ1n) is 11.6. The lowest BCUT2D eigenvalue weighted by Gasteiger charge is -2.07. The van der Waals surface area contributed by atoms with Gasteiger partial charge in [0.15, 0.2) is 0 Å². The molecule has 4 rings (SSSR count). The highest BCUT2D eigenvalue weighted by molar-refractivity contribution is 5.91. The number of aldehydes is 1. The SMILES string of the molecule is O=Cc1ccc(C([O-])=N[n+]2ccccc2)cc1.[O-]C(=N[n+]1ccccc1)c1ccc(/C=N/OCC(F)(F)F)cc1. The normalized spacial score (nSPS) is 12.0. The molecule has 204 valence electrons. The quantitative estimate of drug-likeness (QED) is 0.110. The van der Waals surface area contributed by atoms with Gasteiger partial charge in [0.05, 0.1) is 18.0 Å². The van der Waals surface area contributed by atoms with Crippen molar-refractivity contribution in [2.24, 2.45) is 15.4 Å². The van der Waals surface area contributed by atoms with E-state index in [1.54, 1.807) is 79.4 Å². The van der Waals surface area contributed by atoms with E-state index < -0.39 is 18.7 Å². The Balaban J connectivity index is 0.000000230. The Morgan fingerprint density at radius 3 is 1.55 bits per heavy atom. The lowest BCUT2D eigenvalue weighted by atomic mass is 10.1. The minimum atomic E-state index is -4.43. The monoisotopic (exact) mass is 549 g/mol. The fraction of sp³-hybridized carbons (Fsp3) is 0.0714. The zero-order valence-corrected chi connectivity index (χ0v) is 20.8. The van der Waals surface area contributed by atoms with Crippen LogP contribution in [-0.4, -0.2) is 37.1 Å². The van der Waals surface area contributed by atoms with Crippen LogP contribution in [0.4, 0.5) is 13.2 Å². The third-order valence-corrected chi connectivity index (χ3v) is 4.77. The molecule has 0 unspecified atom stereocenters. The van der Waals surface area contributed by atoms with Gasteiger partial charge in [-0.1, -0.05) is 75.2 Å². The molecule has 0 aliphatic heterocycles. The summed E-state index contributed by atoms with van der Waals surface area (Å²) in [5, 5.41) is 34.6. The van der Waals surface area contributed by atoms with Crippen molar-refractivity contribution in [2.45, 2.75) is 6.18 Å². The second kappa shape index (κ2) is 14.5. The molecule has 12 heteroatoms. The van der Waals surface area contributed by atoms with Crippen molar-refractivity contribution < 1.29 is 42.4 Å². The minimum absolute atomic E-state index is 0.342. The third kappa shape index (κ3) is 10.2. The Kier molecular flexibility index (Phi) is 10.6. The van der Waals surface area contributed by atoms with Gasteiger partial charge >= 0.3 is 6.18 Å². The molecule has 0 saturated carbocycles. The summed E-state index contributed by atoms with van der Waals surface area (Å²) in [6, 6.07) is 23.1. The molecule has 0 bridgehead atoms. The molecule has 0 radical (unpaired) electrons. The molecule has 0 aliphatic carbocycles. The molecule has 0 aliphatic rings. The fourth-order valence-corrected chi connectivity index (χ4v) is 2.86. The predicted octanol–water partition coefficient (Wildman–Crippen LogP) is 1.81. The maximum absolute atomic E-state index is 11.9. The van der Waals surface area contributed by atoms with Crippen LogP contribution in [-0.2, 0) is 4.84 Å². The molecule has 2 aromatic heterocycles. The van der Waals surface area contributed by atoms with Crippen molar-refractivity contribution in [3.8, 4) is 0 Å². The molecule has 0 spiro atoms. The van der Waals surface area contributed by atoms with Crippen molar-refractivity contribution in [1.82, 2.24) is 0 Å². The van der Waals surface area contributed by atoms with Gasteiger partial charge in [0.1, 0.15) is 6.29 Å². The predicted molar refractivity (Wildman–Crippen MR) is 135 cm³/mol. The molecule has 2 heterocycles. The average Bonchev–Trinajstić information content (AvgIpc) is 2.96. The molecule has 0 fully saturated rings. The van der Waals surface area contributed by atoms with E-state index in [1.807, 2.05) is 6.07 Å². The molecule has 0 saturated heterocycles. The van der Waals surface area contributed by atoms with E-state index in [0.717, 1.165) is 12.5 Å². The van der Waals surface area contributed by atoms with E-state index in [4.69, 9.17) is 0 Å². The topological polar surface area (TPSA) is 117 Å². The summed E-state index contributed by atoms with van der Waals surface area (Å²) in [5.41, 5.74) is 1.83. The largest absolute Gasteiger partial charge is 0.854 e. The number of oxime groups is 1. The van der Waals surface area contributed by atoms with E-state index in [0.29, 0.717) is 22.3 Å². The Bertz CT molecular complexity index is 1440. The highest BCUT2D eigenvalue weighted by Gasteiger charge is 2.28. The van der Waals surface area contributed by atoms with Gasteiger partial charge in [0.2, 0.25) is 31.4 Å². The van der Waals surface area contributed by atoms with Crippen LogP contribution in [0, 0.1) is 0 Å². The number of aromatic nitrogens is 2. The molecule has 2 aromatic carbocycles. The number of pyridine rings is 2. The second-order valence-corrected chi connectivity index (χ2v) is 7.81. The summed E-state index contributed by atoms with van der Waals surface area (Å²) in [6.07, 6.45) is 4.04. The van der Waals surface area contributed by atoms with Gasteiger partial charge in [0, 0.05) is 29.8 Å². The lowest BCUT2D eigenvalue weighted by Crippen LogP contribution is -2.33.